The maximum atomic E-state index is 11.9. The molecule has 0 radical (unpaired) electrons. The molecule has 192 valence electrons. The first-order valence-corrected chi connectivity index (χ1v) is 16.6. The van der Waals surface area contributed by atoms with Gasteiger partial charge in [0.1, 0.15) is 36.6 Å². The molecule has 3 heterocycles. The monoisotopic (exact) mass is 732 g/mol. The molecule has 0 N–H and O–H groups in total. The Morgan fingerprint density at radius 3 is 0.553 bits per heavy atom. The SMILES string of the molecule is O=P1([O-])OC2C3OP(=O)([O-])OP(=O)([O-])OC3C3OP(=O)([O-])OP(=O)([O-])OC3C2OP(=O)([O-])O1.[Ca+2].[Na+].[Na+].[Na+].[Na+]. The van der Waals surface area contributed by atoms with Crippen LogP contribution in [0.1, 0.15) is 0 Å². The third-order valence-electron chi connectivity index (χ3n) is 4.05. The Balaban J connectivity index is 0. The van der Waals surface area contributed by atoms with Crippen LogP contribution < -0.4 is 148 Å². The number of phosphoric ester groups is 6. The molecule has 0 aromatic carbocycles. The van der Waals surface area contributed by atoms with E-state index in [4.69, 9.17) is 0 Å². The van der Waals surface area contributed by atoms with E-state index in [1.807, 2.05) is 0 Å². The van der Waals surface area contributed by atoms with E-state index in [0.717, 1.165) is 0 Å². The molecule has 32 heteroatoms. The van der Waals surface area contributed by atoms with Gasteiger partial charge in [-0.05, 0) is 0 Å². The molecular formula is C6H6CaNa4O21P6. The number of phosphoric acid groups is 6. The summed E-state index contributed by atoms with van der Waals surface area (Å²) in [6, 6.07) is 0. The summed E-state index contributed by atoms with van der Waals surface area (Å²) in [4.78, 5) is 71.3. The zero-order valence-corrected chi connectivity index (χ0v) is 35.0. The molecule has 1 saturated carbocycles. The van der Waals surface area contributed by atoms with Gasteiger partial charge in [-0.3, -0.25) is 27.4 Å². The minimum absolute atomic E-state index is 0. The molecule has 4 fully saturated rings. The molecular weight excluding hydrogens is 726 g/mol. The van der Waals surface area contributed by atoms with Crippen LogP contribution in [0, 0.1) is 0 Å². The van der Waals surface area contributed by atoms with Gasteiger partial charge in [0.05, 0.1) is 0 Å². The fraction of sp³-hybridized carbons (Fsp3) is 1.00. The Bertz CT molecular complexity index is 919. The third-order valence-corrected chi connectivity index (χ3v) is 11.9. The maximum absolute atomic E-state index is 11.9. The first kappa shape index (κ1) is 46.2. The molecule has 0 aromatic heterocycles. The van der Waals surface area contributed by atoms with Crippen molar-refractivity contribution >= 4 is 84.7 Å². The summed E-state index contributed by atoms with van der Waals surface area (Å²) >= 11 is 0. The van der Waals surface area contributed by atoms with Gasteiger partial charge in [-0.15, -0.1) is 0 Å². The van der Waals surface area contributed by atoms with E-state index in [-0.39, 0.29) is 156 Å². The Morgan fingerprint density at radius 1 is 0.342 bits per heavy atom. The van der Waals surface area contributed by atoms with Gasteiger partial charge in [0.25, 0.3) is 46.9 Å². The summed E-state index contributed by atoms with van der Waals surface area (Å²) in [5.41, 5.74) is 0. The fourth-order valence-corrected chi connectivity index (χ4v) is 10.3. The normalized spacial score (nSPS) is 53.8. The molecule has 0 aromatic rings. The van der Waals surface area contributed by atoms with Crippen molar-refractivity contribution in [3.8, 4) is 0 Å². The van der Waals surface area contributed by atoms with Crippen molar-refractivity contribution in [2.45, 2.75) is 36.6 Å². The van der Waals surface area contributed by atoms with Crippen molar-refractivity contribution in [3.05, 3.63) is 0 Å². The molecule has 1 aliphatic carbocycles. The summed E-state index contributed by atoms with van der Waals surface area (Å²) in [6.07, 6.45) is -15.7. The van der Waals surface area contributed by atoms with E-state index in [9.17, 15) is 56.8 Å². The minimum atomic E-state index is -5.97. The third kappa shape index (κ3) is 11.6. The Labute approximate surface area is 330 Å². The van der Waals surface area contributed by atoms with Gasteiger partial charge in [-0.2, -0.15) is 0 Å². The maximum Gasteiger partial charge on any atom is 2.00 e. The number of fused-ring (bicyclic) bond motifs is 6. The van der Waals surface area contributed by atoms with Crippen LogP contribution in [0.3, 0.4) is 0 Å². The fourth-order valence-electron chi connectivity index (χ4n) is 3.22. The molecule has 4 rings (SSSR count). The molecule has 0 bridgehead atoms. The van der Waals surface area contributed by atoms with Crippen molar-refractivity contribution in [1.82, 2.24) is 0 Å². The predicted octanol–water partition coefficient (Wildman–Crippen LogP) is -16.2. The topological polar surface area (TPSA) is 324 Å². The van der Waals surface area contributed by atoms with E-state index in [0.29, 0.717) is 0 Å². The second kappa shape index (κ2) is 16.0. The van der Waals surface area contributed by atoms with Crippen LogP contribution in [0.25, 0.3) is 0 Å². The van der Waals surface area contributed by atoms with Crippen molar-refractivity contribution in [1.29, 1.82) is 0 Å². The molecule has 0 spiro atoms. The molecule has 38 heavy (non-hydrogen) atoms. The molecule has 4 aliphatic rings. The van der Waals surface area contributed by atoms with Crippen LogP contribution in [0.2, 0.25) is 0 Å². The second-order valence-electron chi connectivity index (χ2n) is 6.35. The Kier molecular flexibility index (Phi) is 19.4. The molecule has 3 aliphatic heterocycles. The summed E-state index contributed by atoms with van der Waals surface area (Å²) in [7, 11) is -35.8. The van der Waals surface area contributed by atoms with Crippen LogP contribution in [0.4, 0.5) is 0 Å². The van der Waals surface area contributed by atoms with Crippen LogP contribution in [-0.2, 0) is 67.5 Å². The van der Waals surface area contributed by atoms with Crippen molar-refractivity contribution in [3.63, 3.8) is 0 Å². The zero-order chi connectivity index (χ0) is 24.8. The van der Waals surface area contributed by atoms with Crippen molar-refractivity contribution < 1.29 is 215 Å². The van der Waals surface area contributed by atoms with Gasteiger partial charge in [0.2, 0.25) is 0 Å². The van der Waals surface area contributed by atoms with E-state index in [2.05, 4.69) is 40.1 Å². The van der Waals surface area contributed by atoms with Crippen LogP contribution >= 0.6 is 46.9 Å². The largest absolute Gasteiger partial charge is 2.00 e. The van der Waals surface area contributed by atoms with Gasteiger partial charge in [-0.25, -0.2) is 12.9 Å². The number of hydrogen-bond acceptors (Lipinski definition) is 21. The van der Waals surface area contributed by atoms with Crippen molar-refractivity contribution in [2.75, 3.05) is 0 Å². The van der Waals surface area contributed by atoms with Gasteiger partial charge in [-0.1, -0.05) is 0 Å². The van der Waals surface area contributed by atoms with E-state index in [1.54, 1.807) is 0 Å². The minimum Gasteiger partial charge on any atom is -0.756 e. The Hall–Kier alpha value is 6.04. The first-order chi connectivity index (χ1) is 14.7. The molecule has 6 atom stereocenters. The van der Waals surface area contributed by atoms with E-state index in [1.165, 1.54) is 0 Å². The summed E-state index contributed by atoms with van der Waals surface area (Å²) in [5, 5.41) is 0. The molecule has 0 amide bonds. The van der Waals surface area contributed by atoms with Crippen molar-refractivity contribution in [2.24, 2.45) is 0 Å². The summed E-state index contributed by atoms with van der Waals surface area (Å²) in [5.74, 6) is 0. The summed E-state index contributed by atoms with van der Waals surface area (Å²) in [6.45, 7) is 0. The van der Waals surface area contributed by atoms with Gasteiger partial charge >= 0.3 is 156 Å². The van der Waals surface area contributed by atoms with Gasteiger partial charge in [0.15, 0.2) is 0 Å². The quantitative estimate of drug-likeness (QED) is 0.165. The standard InChI is InChI=1S/C6H12O21P6.Ca.4Na/c7-28(8)19-1-2(20-29(9,10)25-28)4-6(24-33(17,18)27-32(15,16)23-4)5-3(1)21-30(11,12)26-31(13,14)22-5;;;;;/h1-6H,(H,7,8)(H,9,10)(H,11,12)(H,13,14)(H,15,16)(H,17,18);;;;;/q;+2;4*+1/p-6. The number of rotatable bonds is 0. The average molecular weight is 732 g/mol. The number of hydrogen-bond donors (Lipinski definition) is 0. The van der Waals surface area contributed by atoms with Crippen LogP contribution in [0.15, 0.2) is 0 Å². The molecule has 6 unspecified atom stereocenters. The molecule has 3 saturated heterocycles. The van der Waals surface area contributed by atoms with Crippen LogP contribution in [-0.4, -0.2) is 74.4 Å². The smallest absolute Gasteiger partial charge is 0.756 e. The van der Waals surface area contributed by atoms with Gasteiger partial charge in [0, 0.05) is 0 Å². The zero-order valence-electron chi connectivity index (χ0n) is 19.4. The van der Waals surface area contributed by atoms with E-state index < -0.39 is 83.6 Å². The average Bonchev–Trinajstić information content (AvgIpc) is 2.74. The first-order valence-electron chi connectivity index (χ1n) is 7.80. The molecule has 21 nitrogen and oxygen atoms in total. The summed E-state index contributed by atoms with van der Waals surface area (Å²) < 4.78 is 109. The Morgan fingerprint density at radius 2 is 0.447 bits per heavy atom. The second-order valence-corrected chi connectivity index (χ2v) is 14.9. The van der Waals surface area contributed by atoms with E-state index >= 15 is 0 Å². The van der Waals surface area contributed by atoms with Gasteiger partial charge < -0.3 is 56.5 Å². The van der Waals surface area contributed by atoms with Crippen LogP contribution in [0.5, 0.6) is 0 Å². The predicted molar refractivity (Wildman–Crippen MR) is 83.9 cm³/mol.